The van der Waals surface area contributed by atoms with Crippen molar-refractivity contribution in [1.82, 2.24) is 4.98 Å². The Labute approximate surface area is 259 Å². The summed E-state index contributed by atoms with van der Waals surface area (Å²) in [4.78, 5) is 5.09. The number of hydrogen-bond acceptors (Lipinski definition) is 1. The number of aryl methyl sites for hydroxylation is 3. The molecule has 0 atom stereocenters. The molecule has 1 aromatic heterocycles. The Kier molecular flexibility index (Phi) is 28.5. The van der Waals surface area contributed by atoms with Crippen molar-refractivity contribution in [2.24, 2.45) is 0 Å². The predicted molar refractivity (Wildman–Crippen MR) is 186 cm³/mol. The van der Waals surface area contributed by atoms with E-state index in [1.54, 1.807) is 0 Å². The summed E-state index contributed by atoms with van der Waals surface area (Å²) in [6.45, 7) is 8.71. The van der Waals surface area contributed by atoms with Gasteiger partial charge in [0, 0.05) is 11.4 Å². The van der Waals surface area contributed by atoms with E-state index in [0.29, 0.717) is 0 Å². The standard InChI is InChI=1S/C40H74N/c1-4-7-9-11-13-15-17-19-21-23-25-27-29-31-34-39-36-38(33-6-3)37-40(41-39)35-32-30-28-26-24-22-20-18-16-14-12-10-8-5-2/h36-37H,3-35H2,1-2H3. The molecular formula is C40H74N. The molecule has 1 aromatic rings. The van der Waals surface area contributed by atoms with Crippen LogP contribution in [0.5, 0.6) is 0 Å². The molecule has 1 heteroatoms. The van der Waals surface area contributed by atoms with Crippen molar-refractivity contribution in [3.8, 4) is 0 Å². The van der Waals surface area contributed by atoms with Gasteiger partial charge >= 0.3 is 0 Å². The molecular weight excluding hydrogens is 494 g/mol. The topological polar surface area (TPSA) is 12.9 Å². The van der Waals surface area contributed by atoms with Crippen LogP contribution in [0.2, 0.25) is 0 Å². The molecule has 0 aliphatic carbocycles. The fourth-order valence-corrected chi connectivity index (χ4v) is 6.32. The summed E-state index contributed by atoms with van der Waals surface area (Å²) < 4.78 is 0. The lowest BCUT2D eigenvalue weighted by atomic mass is 10.0. The van der Waals surface area contributed by atoms with E-state index >= 15 is 0 Å². The summed E-state index contributed by atoms with van der Waals surface area (Å²) in [7, 11) is 0. The van der Waals surface area contributed by atoms with Crippen molar-refractivity contribution < 1.29 is 0 Å². The quantitative estimate of drug-likeness (QED) is 0.0787. The first kappa shape index (κ1) is 38.2. The molecule has 0 aromatic carbocycles. The lowest BCUT2D eigenvalue weighted by molar-refractivity contribution is 0.534. The van der Waals surface area contributed by atoms with Crippen molar-refractivity contribution in [1.29, 1.82) is 0 Å². The molecule has 0 N–H and O–H groups in total. The van der Waals surface area contributed by atoms with Crippen LogP contribution in [0.3, 0.4) is 0 Å². The molecule has 0 amide bonds. The predicted octanol–water partition coefficient (Wildman–Crippen LogP) is 13.9. The number of unbranched alkanes of at least 4 members (excludes halogenated alkanes) is 26. The number of pyridine rings is 1. The van der Waals surface area contributed by atoms with Crippen molar-refractivity contribution in [2.45, 2.75) is 219 Å². The first-order valence-corrected chi connectivity index (χ1v) is 19.1. The van der Waals surface area contributed by atoms with E-state index in [0.717, 1.165) is 25.7 Å². The highest BCUT2D eigenvalue weighted by Crippen LogP contribution is 2.17. The number of nitrogens with zero attached hydrogens (tertiary/aromatic N) is 1. The molecule has 1 radical (unpaired) electrons. The average molecular weight is 569 g/mol. The first-order chi connectivity index (χ1) is 20.3. The van der Waals surface area contributed by atoms with Gasteiger partial charge in [0.25, 0.3) is 0 Å². The van der Waals surface area contributed by atoms with Crippen molar-refractivity contribution in [3.05, 3.63) is 36.0 Å². The number of aromatic nitrogens is 1. The second-order valence-electron chi connectivity index (χ2n) is 13.3. The largest absolute Gasteiger partial charge is 0.258 e. The Bertz CT molecular complexity index is 600. The lowest BCUT2D eigenvalue weighted by Gasteiger charge is -2.09. The Morgan fingerprint density at radius 1 is 0.390 bits per heavy atom. The van der Waals surface area contributed by atoms with Crippen LogP contribution < -0.4 is 0 Å². The zero-order valence-corrected chi connectivity index (χ0v) is 28.4. The van der Waals surface area contributed by atoms with Crippen molar-refractivity contribution >= 4 is 0 Å². The molecule has 0 unspecified atom stereocenters. The second kappa shape index (κ2) is 30.6. The fourth-order valence-electron chi connectivity index (χ4n) is 6.32. The van der Waals surface area contributed by atoms with Crippen LogP contribution >= 0.6 is 0 Å². The summed E-state index contributed by atoms with van der Waals surface area (Å²) in [5.41, 5.74) is 4.15. The van der Waals surface area contributed by atoms with Gasteiger partial charge in [-0.3, -0.25) is 4.98 Å². The van der Waals surface area contributed by atoms with Gasteiger partial charge in [0.15, 0.2) is 0 Å². The average Bonchev–Trinajstić information content (AvgIpc) is 2.97. The van der Waals surface area contributed by atoms with Crippen molar-refractivity contribution in [2.75, 3.05) is 0 Å². The maximum atomic E-state index is 5.09. The van der Waals surface area contributed by atoms with Crippen LogP contribution in [0.15, 0.2) is 12.1 Å². The summed E-state index contributed by atoms with van der Waals surface area (Å²) >= 11 is 0. The normalized spacial score (nSPS) is 11.5. The van der Waals surface area contributed by atoms with Gasteiger partial charge in [-0.2, -0.15) is 0 Å². The fraction of sp³-hybridized carbons (Fsp3) is 0.850. The van der Waals surface area contributed by atoms with E-state index < -0.39 is 0 Å². The highest BCUT2D eigenvalue weighted by Gasteiger charge is 2.04. The summed E-state index contributed by atoms with van der Waals surface area (Å²) in [6, 6.07) is 4.75. The van der Waals surface area contributed by atoms with Crippen LogP contribution in [0.4, 0.5) is 0 Å². The van der Waals surface area contributed by atoms with Crippen molar-refractivity contribution in [3.63, 3.8) is 0 Å². The van der Waals surface area contributed by atoms with E-state index in [1.807, 2.05) is 0 Å². The second-order valence-corrected chi connectivity index (χ2v) is 13.3. The number of hydrogen-bond donors (Lipinski definition) is 0. The molecule has 0 saturated carbocycles. The summed E-state index contributed by atoms with van der Waals surface area (Å²) in [5.74, 6) is 0. The summed E-state index contributed by atoms with van der Waals surface area (Å²) in [6.07, 6.45) is 44.3. The summed E-state index contributed by atoms with van der Waals surface area (Å²) in [5, 5.41) is 0. The molecule has 0 fully saturated rings. The molecule has 0 aliphatic rings. The molecule has 1 rings (SSSR count). The Balaban J connectivity index is 2.06. The van der Waals surface area contributed by atoms with Crippen LogP contribution in [0, 0.1) is 6.92 Å². The van der Waals surface area contributed by atoms with E-state index in [9.17, 15) is 0 Å². The zero-order valence-electron chi connectivity index (χ0n) is 28.4. The van der Waals surface area contributed by atoms with Gasteiger partial charge in [-0.05, 0) is 56.2 Å². The molecule has 0 bridgehead atoms. The van der Waals surface area contributed by atoms with E-state index in [1.165, 1.54) is 197 Å². The monoisotopic (exact) mass is 569 g/mol. The minimum absolute atomic E-state index is 0.987. The molecule has 1 heterocycles. The molecule has 0 spiro atoms. The molecule has 41 heavy (non-hydrogen) atoms. The third-order valence-corrected chi connectivity index (χ3v) is 9.03. The zero-order chi connectivity index (χ0) is 29.5. The Hall–Kier alpha value is -0.850. The van der Waals surface area contributed by atoms with Crippen LogP contribution in [0.25, 0.3) is 0 Å². The third-order valence-electron chi connectivity index (χ3n) is 9.03. The van der Waals surface area contributed by atoms with Gasteiger partial charge in [0.1, 0.15) is 0 Å². The van der Waals surface area contributed by atoms with E-state index in [-0.39, 0.29) is 0 Å². The number of rotatable bonds is 32. The maximum Gasteiger partial charge on any atom is 0.0409 e. The van der Waals surface area contributed by atoms with Gasteiger partial charge in [0.05, 0.1) is 0 Å². The highest BCUT2D eigenvalue weighted by molar-refractivity contribution is 5.22. The molecule has 0 aliphatic heterocycles. The molecule has 1 nitrogen and oxygen atoms in total. The maximum absolute atomic E-state index is 5.09. The third kappa shape index (κ3) is 25.4. The van der Waals surface area contributed by atoms with Gasteiger partial charge in [-0.15, -0.1) is 0 Å². The van der Waals surface area contributed by atoms with Gasteiger partial charge in [-0.1, -0.05) is 188 Å². The minimum atomic E-state index is 0.987. The first-order valence-electron chi connectivity index (χ1n) is 19.1. The van der Waals surface area contributed by atoms with Gasteiger partial charge < -0.3 is 0 Å². The SMILES string of the molecule is [CH2]CCc1cc(CCCCCCCCCCCCCCCC)nc(CCCCCCCCCCCCCCCC)c1. The molecule has 239 valence electrons. The van der Waals surface area contributed by atoms with Gasteiger partial charge in [0.2, 0.25) is 0 Å². The van der Waals surface area contributed by atoms with Crippen LogP contribution in [0.1, 0.15) is 217 Å². The lowest BCUT2D eigenvalue weighted by Crippen LogP contribution is -2.00. The highest BCUT2D eigenvalue weighted by atomic mass is 14.7. The van der Waals surface area contributed by atoms with E-state index in [2.05, 4.69) is 32.9 Å². The minimum Gasteiger partial charge on any atom is -0.258 e. The Morgan fingerprint density at radius 2 is 0.659 bits per heavy atom. The smallest absolute Gasteiger partial charge is 0.0409 e. The van der Waals surface area contributed by atoms with E-state index in [4.69, 9.17) is 4.98 Å². The van der Waals surface area contributed by atoms with Crippen LogP contribution in [-0.4, -0.2) is 4.98 Å². The Morgan fingerprint density at radius 3 is 0.927 bits per heavy atom. The van der Waals surface area contributed by atoms with Crippen LogP contribution in [-0.2, 0) is 19.3 Å². The van der Waals surface area contributed by atoms with Gasteiger partial charge in [-0.25, -0.2) is 0 Å². The molecule has 0 saturated heterocycles.